The van der Waals surface area contributed by atoms with Gasteiger partial charge in [-0.05, 0) is 49.6 Å². The van der Waals surface area contributed by atoms with E-state index in [9.17, 15) is 8.42 Å². The van der Waals surface area contributed by atoms with E-state index >= 15 is 0 Å². The van der Waals surface area contributed by atoms with E-state index < -0.39 is 10.0 Å². The van der Waals surface area contributed by atoms with E-state index in [0.29, 0.717) is 18.0 Å². The molecule has 1 saturated heterocycles. The Kier molecular flexibility index (Phi) is 5.21. The summed E-state index contributed by atoms with van der Waals surface area (Å²) in [6.07, 6.45) is 4.56. The molecule has 0 spiro atoms. The van der Waals surface area contributed by atoms with Gasteiger partial charge in [0.2, 0.25) is 10.0 Å². The van der Waals surface area contributed by atoms with Gasteiger partial charge in [-0.3, -0.25) is 0 Å². The fraction of sp³-hybridized carbons (Fsp3) is 0.429. The Morgan fingerprint density at radius 2 is 1.93 bits per heavy atom. The van der Waals surface area contributed by atoms with Crippen molar-refractivity contribution in [3.05, 3.63) is 54.0 Å². The van der Waals surface area contributed by atoms with Gasteiger partial charge >= 0.3 is 0 Å². The first-order valence-corrected chi connectivity index (χ1v) is 11.4. The van der Waals surface area contributed by atoms with Crippen LogP contribution in [0.4, 0.5) is 0 Å². The standard InChI is InChI=1S/C21H26N4O2S/c1-3-6-16-8-10-18(11-9-16)28(26,27)24-14-12-17(15-24)20-23-19-7-5-13-22-21(19)25(20)4-2/h5,7-11,13,17H,3-4,6,12,14-15H2,1-2H3/t17-/m0/s1. The monoisotopic (exact) mass is 398 g/mol. The third kappa shape index (κ3) is 3.33. The van der Waals surface area contributed by atoms with E-state index in [2.05, 4.69) is 23.4 Å². The van der Waals surface area contributed by atoms with Crippen molar-refractivity contribution in [3.63, 3.8) is 0 Å². The zero-order valence-corrected chi connectivity index (χ0v) is 17.2. The van der Waals surface area contributed by atoms with E-state index in [4.69, 9.17) is 4.98 Å². The third-order valence-electron chi connectivity index (χ3n) is 5.47. The van der Waals surface area contributed by atoms with Crippen LogP contribution in [0.5, 0.6) is 0 Å². The Hall–Kier alpha value is -2.25. The summed E-state index contributed by atoms with van der Waals surface area (Å²) in [5.74, 6) is 1.02. The summed E-state index contributed by atoms with van der Waals surface area (Å²) in [5.41, 5.74) is 2.91. The SMILES string of the molecule is CCCc1ccc(S(=O)(=O)N2CC[C@H](c3nc4cccnc4n3CC)C2)cc1. The maximum Gasteiger partial charge on any atom is 0.243 e. The van der Waals surface area contributed by atoms with Gasteiger partial charge in [-0.15, -0.1) is 0 Å². The first-order valence-electron chi connectivity index (χ1n) is 9.94. The van der Waals surface area contributed by atoms with Crippen molar-refractivity contribution in [1.29, 1.82) is 0 Å². The number of fused-ring (bicyclic) bond motifs is 1. The first kappa shape index (κ1) is 19.1. The van der Waals surface area contributed by atoms with E-state index in [1.54, 1.807) is 22.6 Å². The Balaban J connectivity index is 1.58. The summed E-state index contributed by atoms with van der Waals surface area (Å²) in [7, 11) is -3.48. The van der Waals surface area contributed by atoms with Crippen LogP contribution in [0.25, 0.3) is 11.2 Å². The number of hydrogen-bond acceptors (Lipinski definition) is 4. The molecule has 148 valence electrons. The summed E-state index contributed by atoms with van der Waals surface area (Å²) in [6.45, 7) is 5.94. The van der Waals surface area contributed by atoms with Crippen LogP contribution >= 0.6 is 0 Å². The number of sulfonamides is 1. The second kappa shape index (κ2) is 7.64. The third-order valence-corrected chi connectivity index (χ3v) is 7.34. The van der Waals surface area contributed by atoms with Crippen LogP contribution in [0.1, 0.15) is 44.0 Å². The molecule has 0 unspecified atom stereocenters. The van der Waals surface area contributed by atoms with Gasteiger partial charge in [-0.25, -0.2) is 18.4 Å². The summed E-state index contributed by atoms with van der Waals surface area (Å²) < 4.78 is 29.9. The quantitative estimate of drug-likeness (QED) is 0.636. The fourth-order valence-electron chi connectivity index (χ4n) is 4.02. The molecule has 1 aliphatic rings. The van der Waals surface area contributed by atoms with Gasteiger partial charge in [0.05, 0.1) is 4.90 Å². The van der Waals surface area contributed by atoms with Crippen LogP contribution < -0.4 is 0 Å². The lowest BCUT2D eigenvalue weighted by Crippen LogP contribution is -2.29. The highest BCUT2D eigenvalue weighted by Gasteiger charge is 2.35. The minimum atomic E-state index is -3.48. The number of benzene rings is 1. The van der Waals surface area contributed by atoms with Gasteiger partial charge in [-0.1, -0.05) is 25.5 Å². The summed E-state index contributed by atoms with van der Waals surface area (Å²) in [6, 6.07) is 11.2. The number of hydrogen-bond donors (Lipinski definition) is 0. The first-order chi connectivity index (χ1) is 13.5. The van der Waals surface area contributed by atoms with Gasteiger partial charge in [0.1, 0.15) is 11.3 Å². The number of imidazole rings is 1. The molecule has 3 heterocycles. The van der Waals surface area contributed by atoms with Gasteiger partial charge in [0.15, 0.2) is 5.65 Å². The molecule has 1 atom stereocenters. The number of aryl methyl sites for hydroxylation is 2. The van der Waals surface area contributed by atoms with Crippen molar-refractivity contribution in [1.82, 2.24) is 18.8 Å². The molecular weight excluding hydrogens is 372 g/mol. The smallest absolute Gasteiger partial charge is 0.243 e. The number of pyridine rings is 1. The molecule has 7 heteroatoms. The fourth-order valence-corrected chi connectivity index (χ4v) is 5.52. The van der Waals surface area contributed by atoms with Gasteiger partial charge < -0.3 is 4.57 Å². The van der Waals surface area contributed by atoms with E-state index in [1.807, 2.05) is 24.3 Å². The molecule has 0 saturated carbocycles. The lowest BCUT2D eigenvalue weighted by molar-refractivity contribution is 0.469. The summed E-state index contributed by atoms with van der Waals surface area (Å²) >= 11 is 0. The number of rotatable bonds is 6. The molecule has 28 heavy (non-hydrogen) atoms. The highest BCUT2D eigenvalue weighted by Crippen LogP contribution is 2.32. The average molecular weight is 399 g/mol. The molecule has 1 aliphatic heterocycles. The molecule has 0 amide bonds. The van der Waals surface area contributed by atoms with Crippen LogP contribution in [0, 0.1) is 0 Å². The van der Waals surface area contributed by atoms with Crippen LogP contribution in [-0.4, -0.2) is 40.3 Å². The largest absolute Gasteiger partial charge is 0.313 e. The van der Waals surface area contributed by atoms with Crippen LogP contribution in [0.2, 0.25) is 0 Å². The van der Waals surface area contributed by atoms with Crippen LogP contribution in [-0.2, 0) is 23.0 Å². The highest BCUT2D eigenvalue weighted by atomic mass is 32.2. The van der Waals surface area contributed by atoms with Gasteiger partial charge in [0.25, 0.3) is 0 Å². The van der Waals surface area contributed by atoms with Crippen molar-refractivity contribution in [3.8, 4) is 0 Å². The molecule has 1 fully saturated rings. The maximum absolute atomic E-state index is 13.1. The average Bonchev–Trinajstić information content (AvgIpc) is 3.33. The molecule has 0 radical (unpaired) electrons. The van der Waals surface area contributed by atoms with Crippen LogP contribution in [0.3, 0.4) is 0 Å². The second-order valence-corrected chi connectivity index (χ2v) is 9.24. The Morgan fingerprint density at radius 3 is 2.64 bits per heavy atom. The van der Waals surface area contributed by atoms with Crippen molar-refractivity contribution < 1.29 is 8.42 Å². The van der Waals surface area contributed by atoms with Crippen molar-refractivity contribution >= 4 is 21.2 Å². The Bertz CT molecular complexity index is 1070. The summed E-state index contributed by atoms with van der Waals surface area (Å²) in [5, 5.41) is 0. The summed E-state index contributed by atoms with van der Waals surface area (Å²) in [4.78, 5) is 9.59. The number of nitrogens with zero attached hydrogens (tertiary/aromatic N) is 4. The lowest BCUT2D eigenvalue weighted by atomic mass is 10.1. The zero-order valence-electron chi connectivity index (χ0n) is 16.4. The van der Waals surface area contributed by atoms with Crippen LogP contribution in [0.15, 0.2) is 47.5 Å². The van der Waals surface area contributed by atoms with E-state index in [1.165, 1.54) is 5.56 Å². The Morgan fingerprint density at radius 1 is 1.14 bits per heavy atom. The van der Waals surface area contributed by atoms with E-state index in [-0.39, 0.29) is 5.92 Å². The minimum absolute atomic E-state index is 0.0864. The number of aromatic nitrogens is 3. The van der Waals surface area contributed by atoms with Gasteiger partial charge in [-0.2, -0.15) is 4.31 Å². The predicted octanol–water partition coefficient (Wildman–Crippen LogP) is 3.58. The molecule has 4 rings (SSSR count). The molecule has 2 aromatic heterocycles. The normalized spacial score (nSPS) is 18.1. The Labute approximate surface area is 166 Å². The molecule has 0 aliphatic carbocycles. The molecule has 3 aromatic rings. The zero-order chi connectivity index (χ0) is 19.7. The van der Waals surface area contributed by atoms with Crippen molar-refractivity contribution in [2.45, 2.75) is 50.5 Å². The topological polar surface area (TPSA) is 68.1 Å². The minimum Gasteiger partial charge on any atom is -0.313 e. The lowest BCUT2D eigenvalue weighted by Gasteiger charge is -2.17. The molecule has 0 bridgehead atoms. The van der Waals surface area contributed by atoms with Crippen molar-refractivity contribution in [2.75, 3.05) is 13.1 Å². The second-order valence-electron chi connectivity index (χ2n) is 7.30. The van der Waals surface area contributed by atoms with Gasteiger partial charge in [0, 0.05) is 31.7 Å². The maximum atomic E-state index is 13.1. The van der Waals surface area contributed by atoms with Crippen molar-refractivity contribution in [2.24, 2.45) is 0 Å². The van der Waals surface area contributed by atoms with E-state index in [0.717, 1.165) is 42.8 Å². The molecular formula is C21H26N4O2S. The molecule has 1 aromatic carbocycles. The highest BCUT2D eigenvalue weighted by molar-refractivity contribution is 7.89. The molecule has 6 nitrogen and oxygen atoms in total. The predicted molar refractivity (Wildman–Crippen MR) is 110 cm³/mol. The molecule has 0 N–H and O–H groups in total.